The molecule has 0 aromatic carbocycles. The average Bonchev–Trinajstić information content (AvgIpc) is 2.70. The van der Waals surface area contributed by atoms with Gasteiger partial charge in [0.15, 0.2) is 0 Å². The summed E-state index contributed by atoms with van der Waals surface area (Å²) in [5, 5.41) is 11.1. The van der Waals surface area contributed by atoms with E-state index in [4.69, 9.17) is 0 Å². The highest BCUT2D eigenvalue weighted by atomic mass is 32.1. The Morgan fingerprint density at radius 3 is 2.89 bits per heavy atom. The number of nitrogens with zero attached hydrogens (tertiary/aromatic N) is 1. The zero-order valence-electron chi connectivity index (χ0n) is 10.2. The van der Waals surface area contributed by atoms with Crippen molar-refractivity contribution in [3.05, 3.63) is 22.4 Å². The summed E-state index contributed by atoms with van der Waals surface area (Å²) >= 11 is 1.54. The number of carbonyl (C=O) groups is 2. The third-order valence-electron chi connectivity index (χ3n) is 3.26. The summed E-state index contributed by atoms with van der Waals surface area (Å²) in [6.45, 7) is 0.571. The molecule has 98 valence electrons. The number of carboxylic acids is 1. The number of amides is 1. The van der Waals surface area contributed by atoms with E-state index in [1.165, 1.54) is 11.3 Å². The van der Waals surface area contributed by atoms with E-state index in [2.05, 4.69) is 0 Å². The molecule has 18 heavy (non-hydrogen) atoms. The van der Waals surface area contributed by atoms with Crippen molar-refractivity contribution in [2.45, 2.75) is 38.1 Å². The number of hydrogen-bond acceptors (Lipinski definition) is 3. The van der Waals surface area contributed by atoms with E-state index < -0.39 is 12.0 Å². The van der Waals surface area contributed by atoms with Gasteiger partial charge in [-0.15, -0.1) is 11.3 Å². The minimum atomic E-state index is -0.878. The lowest BCUT2D eigenvalue weighted by Crippen LogP contribution is -2.45. The van der Waals surface area contributed by atoms with Crippen molar-refractivity contribution in [2.24, 2.45) is 0 Å². The smallest absolute Gasteiger partial charge is 0.326 e. The molecule has 1 N–H and O–H groups in total. The second-order valence-electron chi connectivity index (χ2n) is 4.55. The van der Waals surface area contributed by atoms with Gasteiger partial charge >= 0.3 is 5.97 Å². The van der Waals surface area contributed by atoms with Gasteiger partial charge in [0.2, 0.25) is 5.91 Å². The molecule has 2 rings (SSSR count). The molecular formula is C13H17NO3S. The van der Waals surface area contributed by atoms with Crippen LogP contribution in [0.25, 0.3) is 0 Å². The standard InChI is InChI=1S/C13H17NO3S/c15-12(9-10-5-4-8-18-10)14-7-3-1-2-6-11(14)13(16)17/h4-5,8,11H,1-3,6-7,9H2,(H,16,17). The van der Waals surface area contributed by atoms with Crippen LogP contribution in [0.15, 0.2) is 17.5 Å². The first-order valence-corrected chi connectivity index (χ1v) is 7.11. The van der Waals surface area contributed by atoms with E-state index in [9.17, 15) is 14.7 Å². The molecule has 1 amide bonds. The number of carbonyl (C=O) groups excluding carboxylic acids is 1. The molecule has 1 aliphatic heterocycles. The van der Waals surface area contributed by atoms with Crippen molar-refractivity contribution < 1.29 is 14.7 Å². The summed E-state index contributed by atoms with van der Waals surface area (Å²) in [7, 11) is 0. The lowest BCUT2D eigenvalue weighted by Gasteiger charge is -2.26. The van der Waals surface area contributed by atoms with Gasteiger partial charge in [0.25, 0.3) is 0 Å². The van der Waals surface area contributed by atoms with E-state index in [0.29, 0.717) is 19.4 Å². The highest BCUT2D eigenvalue weighted by Crippen LogP contribution is 2.19. The number of likely N-dealkylation sites (tertiary alicyclic amines) is 1. The fraction of sp³-hybridized carbons (Fsp3) is 0.538. The van der Waals surface area contributed by atoms with Gasteiger partial charge in [-0.2, -0.15) is 0 Å². The molecule has 0 saturated carbocycles. The van der Waals surface area contributed by atoms with E-state index in [-0.39, 0.29) is 5.91 Å². The maximum Gasteiger partial charge on any atom is 0.326 e. The number of rotatable bonds is 3. The van der Waals surface area contributed by atoms with Crippen molar-refractivity contribution in [1.29, 1.82) is 0 Å². The van der Waals surface area contributed by atoms with Crippen LogP contribution in [-0.4, -0.2) is 34.5 Å². The highest BCUT2D eigenvalue weighted by Gasteiger charge is 2.30. The molecule has 1 aromatic heterocycles. The summed E-state index contributed by atoms with van der Waals surface area (Å²) in [6, 6.07) is 3.18. The minimum Gasteiger partial charge on any atom is -0.480 e. The van der Waals surface area contributed by atoms with Crippen LogP contribution < -0.4 is 0 Å². The molecule has 1 atom stereocenters. The maximum absolute atomic E-state index is 12.2. The first-order valence-electron chi connectivity index (χ1n) is 6.23. The normalized spacial score (nSPS) is 20.4. The summed E-state index contributed by atoms with van der Waals surface area (Å²) in [5.74, 6) is -0.942. The highest BCUT2D eigenvalue weighted by molar-refractivity contribution is 7.10. The summed E-state index contributed by atoms with van der Waals surface area (Å²) < 4.78 is 0. The fourth-order valence-corrected chi connectivity index (χ4v) is 3.02. The van der Waals surface area contributed by atoms with E-state index in [0.717, 1.165) is 24.1 Å². The van der Waals surface area contributed by atoms with Gasteiger partial charge in [0.05, 0.1) is 6.42 Å². The van der Waals surface area contributed by atoms with Gasteiger partial charge in [-0.25, -0.2) is 4.79 Å². The minimum absolute atomic E-state index is 0.0632. The van der Waals surface area contributed by atoms with Gasteiger partial charge in [-0.3, -0.25) is 4.79 Å². The predicted molar refractivity (Wildman–Crippen MR) is 69.6 cm³/mol. The van der Waals surface area contributed by atoms with Crippen LogP contribution in [0, 0.1) is 0 Å². The first kappa shape index (κ1) is 13.1. The molecule has 1 saturated heterocycles. The molecule has 2 heterocycles. The molecule has 1 fully saturated rings. The number of carboxylic acid groups (broad SMARTS) is 1. The quantitative estimate of drug-likeness (QED) is 0.913. The van der Waals surface area contributed by atoms with Gasteiger partial charge in [-0.1, -0.05) is 18.9 Å². The fourth-order valence-electron chi connectivity index (χ4n) is 2.33. The molecule has 1 aromatic rings. The molecule has 0 bridgehead atoms. The number of hydrogen-bond donors (Lipinski definition) is 1. The number of thiophene rings is 1. The van der Waals surface area contributed by atoms with Crippen molar-refractivity contribution >= 4 is 23.2 Å². The topological polar surface area (TPSA) is 57.6 Å². The zero-order chi connectivity index (χ0) is 13.0. The second kappa shape index (κ2) is 6.00. The van der Waals surface area contributed by atoms with Gasteiger partial charge in [0, 0.05) is 11.4 Å². The van der Waals surface area contributed by atoms with Gasteiger partial charge in [-0.05, 0) is 24.3 Å². The van der Waals surface area contributed by atoms with Crippen LogP contribution >= 0.6 is 11.3 Å². The van der Waals surface area contributed by atoms with Crippen LogP contribution in [0.1, 0.15) is 30.6 Å². The van der Waals surface area contributed by atoms with E-state index >= 15 is 0 Å². The van der Waals surface area contributed by atoms with Gasteiger partial charge < -0.3 is 10.0 Å². The Morgan fingerprint density at radius 1 is 1.39 bits per heavy atom. The van der Waals surface area contributed by atoms with Crippen LogP contribution in [0.4, 0.5) is 0 Å². The van der Waals surface area contributed by atoms with Crippen molar-refractivity contribution in [3.8, 4) is 0 Å². The van der Waals surface area contributed by atoms with Crippen molar-refractivity contribution in [3.63, 3.8) is 0 Å². The molecule has 4 nitrogen and oxygen atoms in total. The van der Waals surface area contributed by atoms with Crippen molar-refractivity contribution in [1.82, 2.24) is 4.90 Å². The molecule has 5 heteroatoms. The Morgan fingerprint density at radius 2 is 2.22 bits per heavy atom. The monoisotopic (exact) mass is 267 g/mol. The largest absolute Gasteiger partial charge is 0.480 e. The second-order valence-corrected chi connectivity index (χ2v) is 5.58. The first-order chi connectivity index (χ1) is 8.68. The lowest BCUT2D eigenvalue weighted by atomic mass is 10.1. The molecular weight excluding hydrogens is 250 g/mol. The third-order valence-corrected chi connectivity index (χ3v) is 4.14. The Bertz CT molecular complexity index is 416. The molecule has 0 spiro atoms. The van der Waals surface area contributed by atoms with E-state index in [1.54, 1.807) is 4.90 Å². The van der Waals surface area contributed by atoms with Crippen LogP contribution in [0.3, 0.4) is 0 Å². The predicted octanol–water partition coefficient (Wildman–Crippen LogP) is 2.15. The zero-order valence-corrected chi connectivity index (χ0v) is 11.0. The van der Waals surface area contributed by atoms with Crippen LogP contribution in [0.2, 0.25) is 0 Å². The average molecular weight is 267 g/mol. The van der Waals surface area contributed by atoms with Crippen LogP contribution in [-0.2, 0) is 16.0 Å². The number of aliphatic carboxylic acids is 1. The van der Waals surface area contributed by atoms with E-state index in [1.807, 2.05) is 17.5 Å². The lowest BCUT2D eigenvalue weighted by molar-refractivity contribution is -0.150. The Hall–Kier alpha value is -1.36. The van der Waals surface area contributed by atoms with Crippen LogP contribution in [0.5, 0.6) is 0 Å². The van der Waals surface area contributed by atoms with Gasteiger partial charge in [0.1, 0.15) is 6.04 Å². The summed E-state index contributed by atoms with van der Waals surface area (Å²) in [6.07, 6.45) is 3.69. The van der Waals surface area contributed by atoms with Crippen molar-refractivity contribution in [2.75, 3.05) is 6.54 Å². The Kier molecular flexibility index (Phi) is 4.36. The molecule has 1 unspecified atom stereocenters. The summed E-state index contributed by atoms with van der Waals surface area (Å²) in [4.78, 5) is 26.0. The summed E-state index contributed by atoms with van der Waals surface area (Å²) in [5.41, 5.74) is 0. The molecule has 0 aliphatic carbocycles. The third kappa shape index (κ3) is 3.10. The Balaban J connectivity index is 2.07. The maximum atomic E-state index is 12.2. The Labute approximate surface area is 110 Å². The molecule has 0 radical (unpaired) electrons. The SMILES string of the molecule is O=C(O)C1CCCCCN1C(=O)Cc1cccs1. The molecule has 1 aliphatic rings.